The molecule has 3 atom stereocenters. The third-order valence-electron chi connectivity index (χ3n) is 2.87. The van der Waals surface area contributed by atoms with Crippen LogP contribution in [0, 0.1) is 5.41 Å². The molecule has 1 rings (SSSR count). The van der Waals surface area contributed by atoms with Crippen molar-refractivity contribution in [3.05, 3.63) is 0 Å². The van der Waals surface area contributed by atoms with Gasteiger partial charge in [0.25, 0.3) is 0 Å². The van der Waals surface area contributed by atoms with Gasteiger partial charge in [-0.15, -0.1) is 0 Å². The monoisotopic (exact) mass is 230 g/mol. The molecule has 3 nitrogen and oxygen atoms in total. The van der Waals surface area contributed by atoms with Crippen molar-refractivity contribution >= 4 is 0 Å². The van der Waals surface area contributed by atoms with E-state index in [1.165, 1.54) is 0 Å². The average Bonchev–Trinajstić information content (AvgIpc) is 2.41. The summed E-state index contributed by atoms with van der Waals surface area (Å²) >= 11 is 0. The lowest BCUT2D eigenvalue weighted by molar-refractivity contribution is -0.101. The van der Waals surface area contributed by atoms with Crippen LogP contribution in [0.3, 0.4) is 0 Å². The van der Waals surface area contributed by atoms with Crippen molar-refractivity contribution in [1.29, 1.82) is 0 Å². The topological polar surface area (TPSA) is 38.7 Å². The predicted molar refractivity (Wildman–Crippen MR) is 64.4 cm³/mol. The van der Waals surface area contributed by atoms with E-state index in [2.05, 4.69) is 20.8 Å². The second-order valence-corrected chi connectivity index (χ2v) is 6.76. The van der Waals surface area contributed by atoms with E-state index in [9.17, 15) is 5.11 Å². The van der Waals surface area contributed by atoms with Crippen LogP contribution in [0.25, 0.3) is 0 Å². The molecule has 96 valence electrons. The molecule has 1 N–H and O–H groups in total. The Kier molecular flexibility index (Phi) is 4.04. The van der Waals surface area contributed by atoms with Gasteiger partial charge in [-0.1, -0.05) is 20.8 Å². The molecule has 3 heteroatoms. The molecule has 1 aliphatic heterocycles. The Morgan fingerprint density at radius 2 is 1.75 bits per heavy atom. The molecule has 0 spiro atoms. The Balaban J connectivity index is 2.46. The van der Waals surface area contributed by atoms with Gasteiger partial charge in [0.15, 0.2) is 0 Å². The van der Waals surface area contributed by atoms with Crippen LogP contribution in [-0.4, -0.2) is 35.6 Å². The Hall–Kier alpha value is -0.120. The lowest BCUT2D eigenvalue weighted by Gasteiger charge is -2.27. The normalized spacial score (nSPS) is 32.1. The second-order valence-electron chi connectivity index (χ2n) is 6.76. The van der Waals surface area contributed by atoms with Crippen LogP contribution < -0.4 is 0 Å². The van der Waals surface area contributed by atoms with Crippen LogP contribution in [0.5, 0.6) is 0 Å². The molecule has 1 heterocycles. The number of ether oxygens (including phenoxy) is 2. The molecule has 0 aromatic rings. The molecule has 0 aromatic heterocycles. The van der Waals surface area contributed by atoms with Gasteiger partial charge in [0, 0.05) is 6.42 Å². The van der Waals surface area contributed by atoms with Gasteiger partial charge in [-0.3, -0.25) is 0 Å². The summed E-state index contributed by atoms with van der Waals surface area (Å²) in [6.45, 7) is 12.9. The molecule has 0 amide bonds. The van der Waals surface area contributed by atoms with Crippen LogP contribution in [-0.2, 0) is 9.47 Å². The van der Waals surface area contributed by atoms with Crippen molar-refractivity contribution in [3.8, 4) is 0 Å². The fourth-order valence-corrected chi connectivity index (χ4v) is 1.77. The van der Waals surface area contributed by atoms with Gasteiger partial charge >= 0.3 is 0 Å². The van der Waals surface area contributed by atoms with E-state index in [1.54, 1.807) is 0 Å². The molecule has 0 bridgehead atoms. The number of hydrogen-bond donors (Lipinski definition) is 1. The van der Waals surface area contributed by atoms with E-state index in [0.717, 1.165) is 0 Å². The Morgan fingerprint density at radius 3 is 2.12 bits per heavy atom. The highest BCUT2D eigenvalue weighted by Gasteiger charge is 2.40. The molecule has 3 unspecified atom stereocenters. The van der Waals surface area contributed by atoms with Gasteiger partial charge in [-0.05, 0) is 26.2 Å². The quantitative estimate of drug-likeness (QED) is 0.791. The van der Waals surface area contributed by atoms with Crippen LogP contribution in [0.1, 0.15) is 48.0 Å². The predicted octanol–water partition coefficient (Wildman–Crippen LogP) is 2.37. The zero-order valence-corrected chi connectivity index (χ0v) is 11.4. The van der Waals surface area contributed by atoms with E-state index >= 15 is 0 Å². The lowest BCUT2D eigenvalue weighted by atomic mass is 9.87. The summed E-state index contributed by atoms with van der Waals surface area (Å²) in [6.07, 6.45) is 0.257. The summed E-state index contributed by atoms with van der Waals surface area (Å²) in [5.41, 5.74) is -0.0969. The van der Waals surface area contributed by atoms with E-state index in [-0.39, 0.29) is 23.2 Å². The van der Waals surface area contributed by atoms with Gasteiger partial charge < -0.3 is 14.6 Å². The van der Waals surface area contributed by atoms with Gasteiger partial charge in [-0.2, -0.15) is 0 Å². The molecule has 0 aliphatic carbocycles. The SMILES string of the molecule is CC(C)(C)OCC1OC(C(C)(C)C)CC1O. The maximum atomic E-state index is 9.91. The molecule has 1 aliphatic rings. The summed E-state index contributed by atoms with van der Waals surface area (Å²) in [4.78, 5) is 0. The fraction of sp³-hybridized carbons (Fsp3) is 1.00. The molecule has 16 heavy (non-hydrogen) atoms. The van der Waals surface area contributed by atoms with E-state index in [4.69, 9.17) is 9.47 Å². The number of hydrogen-bond acceptors (Lipinski definition) is 3. The van der Waals surface area contributed by atoms with Gasteiger partial charge in [0.2, 0.25) is 0 Å². The number of aliphatic hydroxyl groups is 1. The second kappa shape index (κ2) is 4.63. The van der Waals surface area contributed by atoms with Gasteiger partial charge in [-0.25, -0.2) is 0 Å². The Labute approximate surface area is 99.1 Å². The first-order valence-electron chi connectivity index (χ1n) is 6.07. The first kappa shape index (κ1) is 13.9. The van der Waals surface area contributed by atoms with Crippen molar-refractivity contribution in [1.82, 2.24) is 0 Å². The first-order valence-corrected chi connectivity index (χ1v) is 6.07. The molecular weight excluding hydrogens is 204 g/mol. The summed E-state index contributed by atoms with van der Waals surface area (Å²) in [6, 6.07) is 0. The summed E-state index contributed by atoms with van der Waals surface area (Å²) < 4.78 is 11.5. The summed E-state index contributed by atoms with van der Waals surface area (Å²) in [5, 5.41) is 9.91. The van der Waals surface area contributed by atoms with Crippen LogP contribution in [0.2, 0.25) is 0 Å². The Morgan fingerprint density at radius 1 is 1.19 bits per heavy atom. The smallest absolute Gasteiger partial charge is 0.107 e. The largest absolute Gasteiger partial charge is 0.390 e. The Bertz CT molecular complexity index is 224. The van der Waals surface area contributed by atoms with Crippen molar-refractivity contribution in [2.24, 2.45) is 5.41 Å². The number of rotatable bonds is 2. The molecule has 0 radical (unpaired) electrons. The van der Waals surface area contributed by atoms with Crippen LogP contribution in [0.4, 0.5) is 0 Å². The zero-order chi connectivity index (χ0) is 12.6. The molecular formula is C13H26O3. The average molecular weight is 230 g/mol. The highest BCUT2D eigenvalue weighted by molar-refractivity contribution is 4.88. The van der Waals surface area contributed by atoms with Crippen molar-refractivity contribution in [2.75, 3.05) is 6.61 Å². The lowest BCUT2D eigenvalue weighted by Crippen LogP contribution is -2.32. The van der Waals surface area contributed by atoms with E-state index < -0.39 is 6.10 Å². The van der Waals surface area contributed by atoms with Crippen molar-refractivity contribution in [3.63, 3.8) is 0 Å². The van der Waals surface area contributed by atoms with Crippen LogP contribution in [0.15, 0.2) is 0 Å². The highest BCUT2D eigenvalue weighted by atomic mass is 16.6. The molecule has 1 fully saturated rings. The van der Waals surface area contributed by atoms with Crippen molar-refractivity contribution < 1.29 is 14.6 Å². The fourth-order valence-electron chi connectivity index (χ4n) is 1.77. The minimum Gasteiger partial charge on any atom is -0.390 e. The van der Waals surface area contributed by atoms with Crippen LogP contribution >= 0.6 is 0 Å². The van der Waals surface area contributed by atoms with Gasteiger partial charge in [0.1, 0.15) is 6.10 Å². The molecule has 1 saturated heterocycles. The zero-order valence-electron chi connectivity index (χ0n) is 11.4. The minimum atomic E-state index is -0.397. The highest BCUT2D eigenvalue weighted by Crippen LogP contribution is 2.33. The van der Waals surface area contributed by atoms with E-state index in [1.807, 2.05) is 20.8 Å². The maximum absolute atomic E-state index is 9.91. The molecule has 0 saturated carbocycles. The summed E-state index contributed by atoms with van der Waals surface area (Å²) in [7, 11) is 0. The molecule has 0 aromatic carbocycles. The van der Waals surface area contributed by atoms with E-state index in [0.29, 0.717) is 13.0 Å². The third-order valence-corrected chi connectivity index (χ3v) is 2.87. The first-order chi connectivity index (χ1) is 7.09. The minimum absolute atomic E-state index is 0.0808. The standard InChI is InChI=1S/C13H26O3/c1-12(2,3)11-7-9(14)10(16-11)8-15-13(4,5)6/h9-11,14H,7-8H2,1-6H3. The number of aliphatic hydroxyl groups excluding tert-OH is 1. The maximum Gasteiger partial charge on any atom is 0.107 e. The van der Waals surface area contributed by atoms with Gasteiger partial charge in [0.05, 0.1) is 24.4 Å². The third kappa shape index (κ3) is 4.04. The van der Waals surface area contributed by atoms with Crippen molar-refractivity contribution in [2.45, 2.75) is 71.9 Å². The summed E-state index contributed by atoms with van der Waals surface area (Å²) in [5.74, 6) is 0.